The molecule has 8 heteroatoms. The van der Waals surface area contributed by atoms with Gasteiger partial charge in [0.1, 0.15) is 0 Å². The van der Waals surface area contributed by atoms with Crippen LogP contribution in [0.15, 0.2) is 24.5 Å². The number of nitrogens with two attached hydrogens (primary N) is 1. The maximum Gasteiger partial charge on any atom is 0.228 e. The number of nitrogens with one attached hydrogen (secondary N) is 2. The minimum atomic E-state index is -3.42. The highest BCUT2D eigenvalue weighted by atomic mass is 32.2. The Bertz CT molecular complexity index is 446. The molecule has 88 valence electrons. The second-order valence-corrected chi connectivity index (χ2v) is 5.30. The molecule has 0 aliphatic carbocycles. The first-order chi connectivity index (χ1) is 7.49. The Morgan fingerprint density at radius 3 is 2.62 bits per heavy atom. The highest BCUT2D eigenvalue weighted by Gasteiger charge is 2.09. The van der Waals surface area contributed by atoms with Gasteiger partial charge in [0.15, 0.2) is 5.11 Å². The van der Waals surface area contributed by atoms with Gasteiger partial charge in [-0.1, -0.05) is 0 Å². The van der Waals surface area contributed by atoms with Gasteiger partial charge in [0.05, 0.1) is 5.75 Å². The molecule has 0 saturated carbocycles. The zero-order valence-electron chi connectivity index (χ0n) is 8.38. The summed E-state index contributed by atoms with van der Waals surface area (Å²) in [6.07, 6.45) is 3.63. The molecule has 0 saturated heterocycles. The van der Waals surface area contributed by atoms with E-state index in [0.29, 0.717) is 6.42 Å². The van der Waals surface area contributed by atoms with E-state index in [1.54, 1.807) is 24.5 Å². The number of hydrogen-bond acceptors (Lipinski definition) is 4. The van der Waals surface area contributed by atoms with Crippen LogP contribution in [0.1, 0.15) is 5.56 Å². The van der Waals surface area contributed by atoms with Crippen LogP contribution in [0.3, 0.4) is 0 Å². The summed E-state index contributed by atoms with van der Waals surface area (Å²) in [5.74, 6) is -0.0490. The molecule has 0 amide bonds. The fraction of sp³-hybridized carbons (Fsp3) is 0.250. The van der Waals surface area contributed by atoms with E-state index < -0.39 is 10.0 Å². The molecule has 1 aromatic rings. The molecule has 1 heterocycles. The molecular formula is C8H12N4O2S2. The van der Waals surface area contributed by atoms with Crippen LogP contribution in [0.5, 0.6) is 0 Å². The summed E-state index contributed by atoms with van der Waals surface area (Å²) in [5, 5.41) is -0.118. The summed E-state index contributed by atoms with van der Waals surface area (Å²) < 4.78 is 22.8. The van der Waals surface area contributed by atoms with Crippen molar-refractivity contribution in [3.8, 4) is 0 Å². The molecule has 1 aromatic heterocycles. The Labute approximate surface area is 99.3 Å². The van der Waals surface area contributed by atoms with Crippen molar-refractivity contribution in [1.82, 2.24) is 15.2 Å². The van der Waals surface area contributed by atoms with E-state index in [1.807, 2.05) is 0 Å². The van der Waals surface area contributed by atoms with E-state index in [1.165, 1.54) is 0 Å². The maximum atomic E-state index is 11.4. The van der Waals surface area contributed by atoms with E-state index in [2.05, 4.69) is 27.5 Å². The Morgan fingerprint density at radius 1 is 1.44 bits per heavy atom. The molecule has 0 aliphatic heterocycles. The van der Waals surface area contributed by atoms with Gasteiger partial charge in [0, 0.05) is 12.4 Å². The van der Waals surface area contributed by atoms with Crippen LogP contribution in [-0.4, -0.2) is 24.3 Å². The predicted octanol–water partition coefficient (Wildman–Crippen LogP) is -0.708. The van der Waals surface area contributed by atoms with Crippen molar-refractivity contribution in [1.29, 1.82) is 0 Å². The molecule has 0 fully saturated rings. The van der Waals surface area contributed by atoms with Gasteiger partial charge in [0.2, 0.25) is 10.0 Å². The second-order valence-electron chi connectivity index (χ2n) is 3.02. The van der Waals surface area contributed by atoms with Gasteiger partial charge in [-0.25, -0.2) is 8.42 Å². The lowest BCUT2D eigenvalue weighted by Gasteiger charge is -2.07. The molecule has 0 spiro atoms. The molecule has 1 rings (SSSR count). The first kappa shape index (κ1) is 12.8. The number of thiocarbonyl (C=S) groups is 1. The van der Waals surface area contributed by atoms with Crippen molar-refractivity contribution in [2.24, 2.45) is 5.73 Å². The quantitative estimate of drug-likeness (QED) is 0.478. The third-order valence-corrected chi connectivity index (χ3v) is 3.00. The van der Waals surface area contributed by atoms with Crippen LogP contribution < -0.4 is 16.0 Å². The molecule has 0 bridgehead atoms. The molecule has 0 radical (unpaired) electrons. The number of nitrogens with zero attached hydrogens (tertiary/aromatic N) is 1. The van der Waals surface area contributed by atoms with E-state index in [4.69, 9.17) is 5.73 Å². The van der Waals surface area contributed by atoms with Crippen molar-refractivity contribution in [2.45, 2.75) is 6.42 Å². The number of pyridine rings is 1. The summed E-state index contributed by atoms with van der Waals surface area (Å²) in [7, 11) is -3.42. The van der Waals surface area contributed by atoms with Gasteiger partial charge in [-0.3, -0.25) is 10.4 Å². The summed E-state index contributed by atoms with van der Waals surface area (Å²) in [6.45, 7) is 0. The lowest BCUT2D eigenvalue weighted by Crippen LogP contribution is -2.45. The van der Waals surface area contributed by atoms with E-state index in [9.17, 15) is 8.42 Å². The smallest absolute Gasteiger partial charge is 0.228 e. The Morgan fingerprint density at radius 2 is 2.06 bits per heavy atom. The lowest BCUT2D eigenvalue weighted by molar-refractivity contribution is 0.577. The Balaban J connectivity index is 2.45. The zero-order valence-corrected chi connectivity index (χ0v) is 10.0. The minimum absolute atomic E-state index is 0.0490. The van der Waals surface area contributed by atoms with Crippen molar-refractivity contribution in [3.63, 3.8) is 0 Å². The van der Waals surface area contributed by atoms with Crippen molar-refractivity contribution in [2.75, 3.05) is 5.75 Å². The van der Waals surface area contributed by atoms with Crippen molar-refractivity contribution in [3.05, 3.63) is 30.1 Å². The second kappa shape index (κ2) is 5.73. The standard InChI is InChI=1S/C8H12N4O2S2/c9-8(15)11-12-16(13,14)6-3-7-1-4-10-5-2-7/h1-2,4-5,12H,3,6H2,(H3,9,11,15). The number of sulfonamides is 1. The largest absolute Gasteiger partial charge is 0.375 e. The molecule has 0 aromatic carbocycles. The molecule has 0 atom stereocenters. The highest BCUT2D eigenvalue weighted by molar-refractivity contribution is 7.89. The molecule has 16 heavy (non-hydrogen) atoms. The third-order valence-electron chi connectivity index (χ3n) is 1.74. The fourth-order valence-corrected chi connectivity index (χ4v) is 1.97. The van der Waals surface area contributed by atoms with Crippen LogP contribution in [0.4, 0.5) is 0 Å². The monoisotopic (exact) mass is 260 g/mol. The number of aromatic nitrogens is 1. The van der Waals surface area contributed by atoms with Gasteiger partial charge in [0.25, 0.3) is 0 Å². The Kier molecular flexibility index (Phi) is 4.59. The first-order valence-corrected chi connectivity index (χ1v) is 6.49. The third kappa shape index (κ3) is 5.01. The summed E-state index contributed by atoms with van der Waals surface area (Å²) in [4.78, 5) is 5.91. The summed E-state index contributed by atoms with van der Waals surface area (Å²) >= 11 is 4.47. The van der Waals surface area contributed by atoms with Gasteiger partial charge < -0.3 is 5.73 Å². The van der Waals surface area contributed by atoms with Crippen LogP contribution in [-0.2, 0) is 16.4 Å². The zero-order chi connectivity index (χ0) is 12.0. The van der Waals surface area contributed by atoms with E-state index in [0.717, 1.165) is 5.56 Å². The van der Waals surface area contributed by atoms with Crippen LogP contribution in [0.2, 0.25) is 0 Å². The summed E-state index contributed by atoms with van der Waals surface area (Å²) in [5.41, 5.74) is 8.17. The Hall–Kier alpha value is -1.25. The SMILES string of the molecule is NC(=S)NNS(=O)(=O)CCc1ccncc1. The lowest BCUT2D eigenvalue weighted by atomic mass is 10.2. The number of rotatable bonds is 5. The molecule has 0 aliphatic rings. The normalized spacial score (nSPS) is 11.0. The fourth-order valence-electron chi connectivity index (χ4n) is 0.981. The molecule has 4 N–H and O–H groups in total. The van der Waals surface area contributed by atoms with Gasteiger partial charge in [-0.05, 0) is 36.3 Å². The van der Waals surface area contributed by atoms with Crippen molar-refractivity contribution >= 4 is 27.4 Å². The van der Waals surface area contributed by atoms with E-state index in [-0.39, 0.29) is 10.9 Å². The molecular weight excluding hydrogens is 248 g/mol. The van der Waals surface area contributed by atoms with Gasteiger partial charge >= 0.3 is 0 Å². The summed E-state index contributed by atoms with van der Waals surface area (Å²) in [6, 6.07) is 3.52. The molecule has 0 unspecified atom stereocenters. The molecule has 6 nitrogen and oxygen atoms in total. The van der Waals surface area contributed by atoms with Crippen LogP contribution in [0, 0.1) is 0 Å². The number of hydrogen-bond donors (Lipinski definition) is 3. The number of aryl methyl sites for hydroxylation is 1. The predicted molar refractivity (Wildman–Crippen MR) is 64.8 cm³/mol. The maximum absolute atomic E-state index is 11.4. The first-order valence-electron chi connectivity index (χ1n) is 4.43. The topological polar surface area (TPSA) is 97.1 Å². The minimum Gasteiger partial charge on any atom is -0.375 e. The van der Waals surface area contributed by atoms with Gasteiger partial charge in [-0.15, -0.1) is 4.83 Å². The average molecular weight is 260 g/mol. The van der Waals surface area contributed by atoms with Crippen LogP contribution >= 0.6 is 12.2 Å². The van der Waals surface area contributed by atoms with E-state index >= 15 is 0 Å². The van der Waals surface area contributed by atoms with Gasteiger partial charge in [-0.2, -0.15) is 0 Å². The number of hydrazine groups is 1. The highest BCUT2D eigenvalue weighted by Crippen LogP contribution is 1.99. The van der Waals surface area contributed by atoms with Crippen LogP contribution in [0.25, 0.3) is 0 Å². The van der Waals surface area contributed by atoms with Crippen molar-refractivity contribution < 1.29 is 8.42 Å². The average Bonchev–Trinajstić information content (AvgIpc) is 2.26.